The summed E-state index contributed by atoms with van der Waals surface area (Å²) in [7, 11) is 5.60. The minimum atomic E-state index is 0.0181. The summed E-state index contributed by atoms with van der Waals surface area (Å²) in [4.78, 5) is 14.2. The third-order valence-corrected chi connectivity index (χ3v) is 2.97. The van der Waals surface area contributed by atoms with Gasteiger partial charge < -0.3 is 9.64 Å². The molecule has 1 aromatic rings. The lowest BCUT2D eigenvalue weighted by atomic mass is 9.98. The van der Waals surface area contributed by atoms with E-state index in [4.69, 9.17) is 4.74 Å². The average Bonchev–Trinajstić information content (AvgIpc) is 2.37. The Labute approximate surface area is 115 Å². The Balaban J connectivity index is 2.77. The van der Waals surface area contributed by atoms with Crippen molar-refractivity contribution in [3.63, 3.8) is 0 Å². The van der Waals surface area contributed by atoms with Crippen molar-refractivity contribution in [3.8, 4) is 5.75 Å². The number of hydrogen-bond donors (Lipinski definition) is 0. The second-order valence-electron chi connectivity index (χ2n) is 5.13. The number of methoxy groups -OCH3 is 1. The molecule has 0 aliphatic rings. The Hall–Kier alpha value is -1.61. The maximum Gasteiger partial charge on any atom is 0.162 e. The lowest BCUT2D eigenvalue weighted by Crippen LogP contribution is -2.26. The van der Waals surface area contributed by atoms with Gasteiger partial charge in [-0.2, -0.15) is 0 Å². The van der Waals surface area contributed by atoms with Gasteiger partial charge in [0.1, 0.15) is 5.75 Å². The number of hydrogen-bond acceptors (Lipinski definition) is 3. The summed E-state index contributed by atoms with van der Waals surface area (Å²) < 4.78 is 5.11. The van der Waals surface area contributed by atoms with E-state index in [2.05, 4.69) is 0 Å². The van der Waals surface area contributed by atoms with E-state index in [0.717, 1.165) is 23.4 Å². The number of allylic oxidation sites excluding steroid dienone is 1. The highest BCUT2D eigenvalue weighted by Gasteiger charge is 2.15. The molecule has 0 fully saturated rings. The number of Topliss-reactive ketones (excluding diaryl/α,β-unsaturated/α-hetero) is 1. The van der Waals surface area contributed by atoms with E-state index in [-0.39, 0.29) is 11.7 Å². The van der Waals surface area contributed by atoms with E-state index >= 15 is 0 Å². The summed E-state index contributed by atoms with van der Waals surface area (Å²) in [5.74, 6) is 1.04. The van der Waals surface area contributed by atoms with Crippen molar-refractivity contribution in [2.75, 3.05) is 27.7 Å². The standard InChI is InChI=1S/C16H23NO2/c1-12(16(18)13(2)11-17(3)4)10-14-6-8-15(19-5)9-7-14/h6-10,13H,11H2,1-5H3/b12-10+. The van der Waals surface area contributed by atoms with Crippen LogP contribution in [0.25, 0.3) is 6.08 Å². The van der Waals surface area contributed by atoms with Gasteiger partial charge in [-0.3, -0.25) is 4.79 Å². The van der Waals surface area contributed by atoms with Crippen LogP contribution in [0.5, 0.6) is 5.75 Å². The molecular weight excluding hydrogens is 238 g/mol. The van der Waals surface area contributed by atoms with Gasteiger partial charge in [0.15, 0.2) is 5.78 Å². The fraction of sp³-hybridized carbons (Fsp3) is 0.438. The summed E-state index contributed by atoms with van der Waals surface area (Å²) in [6.07, 6.45) is 1.92. The molecule has 0 aliphatic carbocycles. The molecular formula is C16H23NO2. The monoisotopic (exact) mass is 261 g/mol. The zero-order valence-electron chi connectivity index (χ0n) is 12.4. The zero-order valence-corrected chi connectivity index (χ0v) is 12.4. The molecule has 1 atom stereocenters. The normalized spacial score (nSPS) is 13.5. The number of benzene rings is 1. The fourth-order valence-corrected chi connectivity index (χ4v) is 2.04. The number of carbonyl (C=O) groups is 1. The molecule has 0 heterocycles. The molecule has 0 bridgehead atoms. The van der Waals surface area contributed by atoms with Crippen LogP contribution in [0, 0.1) is 5.92 Å². The van der Waals surface area contributed by atoms with E-state index in [1.54, 1.807) is 7.11 Å². The maximum absolute atomic E-state index is 12.2. The molecule has 1 aromatic carbocycles. The Kier molecular flexibility index (Phi) is 5.77. The Bertz CT molecular complexity index is 446. The molecule has 0 aliphatic heterocycles. The van der Waals surface area contributed by atoms with Crippen LogP contribution in [0.4, 0.5) is 0 Å². The van der Waals surface area contributed by atoms with E-state index in [1.807, 2.05) is 63.2 Å². The van der Waals surface area contributed by atoms with Crippen LogP contribution in [-0.2, 0) is 4.79 Å². The highest BCUT2D eigenvalue weighted by atomic mass is 16.5. The molecule has 0 radical (unpaired) electrons. The van der Waals surface area contributed by atoms with Crippen LogP contribution < -0.4 is 4.74 Å². The van der Waals surface area contributed by atoms with Crippen LogP contribution in [0.2, 0.25) is 0 Å². The third kappa shape index (κ3) is 4.87. The summed E-state index contributed by atoms with van der Waals surface area (Å²) in [5, 5.41) is 0. The van der Waals surface area contributed by atoms with E-state index in [1.165, 1.54) is 0 Å². The smallest absolute Gasteiger partial charge is 0.162 e. The minimum absolute atomic E-state index is 0.0181. The molecule has 1 rings (SSSR count). The SMILES string of the molecule is COc1ccc(/C=C(\C)C(=O)C(C)CN(C)C)cc1. The molecule has 0 spiro atoms. The molecule has 0 saturated carbocycles. The van der Waals surface area contributed by atoms with Crippen molar-refractivity contribution in [1.82, 2.24) is 4.90 Å². The first-order valence-electron chi connectivity index (χ1n) is 6.45. The van der Waals surface area contributed by atoms with Crippen molar-refractivity contribution in [3.05, 3.63) is 35.4 Å². The van der Waals surface area contributed by atoms with Gasteiger partial charge in [0.25, 0.3) is 0 Å². The topological polar surface area (TPSA) is 29.5 Å². The second kappa shape index (κ2) is 7.10. The summed E-state index contributed by atoms with van der Waals surface area (Å²) in [6.45, 7) is 4.61. The lowest BCUT2D eigenvalue weighted by molar-refractivity contribution is -0.119. The number of ether oxygens (including phenoxy) is 1. The molecule has 0 aromatic heterocycles. The van der Waals surface area contributed by atoms with Crippen molar-refractivity contribution in [2.45, 2.75) is 13.8 Å². The predicted octanol–water partition coefficient (Wildman–Crippen LogP) is 2.87. The largest absolute Gasteiger partial charge is 0.497 e. The van der Waals surface area contributed by atoms with Crippen LogP contribution >= 0.6 is 0 Å². The van der Waals surface area contributed by atoms with Gasteiger partial charge in [-0.05, 0) is 50.4 Å². The number of rotatable bonds is 6. The average molecular weight is 261 g/mol. The van der Waals surface area contributed by atoms with E-state index < -0.39 is 0 Å². The van der Waals surface area contributed by atoms with Crippen LogP contribution in [0.15, 0.2) is 29.8 Å². The van der Waals surface area contributed by atoms with Crippen LogP contribution in [-0.4, -0.2) is 38.4 Å². The highest BCUT2D eigenvalue weighted by Crippen LogP contribution is 2.16. The molecule has 0 amide bonds. The highest BCUT2D eigenvalue weighted by molar-refractivity contribution is 6.00. The lowest BCUT2D eigenvalue weighted by Gasteiger charge is -2.16. The third-order valence-electron chi connectivity index (χ3n) is 2.97. The minimum Gasteiger partial charge on any atom is -0.497 e. The molecule has 1 unspecified atom stereocenters. The van der Waals surface area contributed by atoms with Gasteiger partial charge in [0.2, 0.25) is 0 Å². The number of carbonyl (C=O) groups excluding carboxylic acids is 1. The van der Waals surface area contributed by atoms with Crippen molar-refractivity contribution < 1.29 is 9.53 Å². The summed E-state index contributed by atoms with van der Waals surface area (Å²) in [5.41, 5.74) is 1.81. The van der Waals surface area contributed by atoms with Gasteiger partial charge in [0.05, 0.1) is 7.11 Å². The van der Waals surface area contributed by atoms with Crippen LogP contribution in [0.3, 0.4) is 0 Å². The van der Waals surface area contributed by atoms with Crippen molar-refractivity contribution in [1.29, 1.82) is 0 Å². The Morgan fingerprint density at radius 1 is 1.32 bits per heavy atom. The van der Waals surface area contributed by atoms with E-state index in [9.17, 15) is 4.79 Å². The molecule has 0 N–H and O–H groups in total. The Morgan fingerprint density at radius 3 is 2.37 bits per heavy atom. The van der Waals surface area contributed by atoms with Crippen LogP contribution in [0.1, 0.15) is 19.4 Å². The molecule has 3 nitrogen and oxygen atoms in total. The summed E-state index contributed by atoms with van der Waals surface area (Å²) >= 11 is 0. The van der Waals surface area contributed by atoms with Crippen molar-refractivity contribution in [2.24, 2.45) is 5.92 Å². The molecule has 0 saturated heterocycles. The number of nitrogens with zero attached hydrogens (tertiary/aromatic N) is 1. The predicted molar refractivity (Wildman–Crippen MR) is 79.4 cm³/mol. The van der Waals surface area contributed by atoms with Gasteiger partial charge in [-0.25, -0.2) is 0 Å². The van der Waals surface area contributed by atoms with Gasteiger partial charge in [-0.15, -0.1) is 0 Å². The second-order valence-corrected chi connectivity index (χ2v) is 5.13. The first kappa shape index (κ1) is 15.4. The summed E-state index contributed by atoms with van der Waals surface area (Å²) in [6, 6.07) is 7.69. The molecule has 104 valence electrons. The maximum atomic E-state index is 12.2. The van der Waals surface area contributed by atoms with E-state index in [0.29, 0.717) is 0 Å². The fourth-order valence-electron chi connectivity index (χ4n) is 2.04. The zero-order chi connectivity index (χ0) is 14.4. The molecule has 3 heteroatoms. The first-order chi connectivity index (χ1) is 8.93. The molecule has 19 heavy (non-hydrogen) atoms. The van der Waals surface area contributed by atoms with Gasteiger partial charge >= 0.3 is 0 Å². The number of ketones is 1. The quantitative estimate of drug-likeness (QED) is 0.737. The first-order valence-corrected chi connectivity index (χ1v) is 6.45. The van der Waals surface area contributed by atoms with Gasteiger partial charge in [0, 0.05) is 12.5 Å². The van der Waals surface area contributed by atoms with Gasteiger partial charge in [-0.1, -0.05) is 19.1 Å². The van der Waals surface area contributed by atoms with Crippen molar-refractivity contribution >= 4 is 11.9 Å². The Morgan fingerprint density at radius 2 is 1.89 bits per heavy atom.